The van der Waals surface area contributed by atoms with Crippen molar-refractivity contribution < 1.29 is 5.11 Å². The molecule has 11 heavy (non-hydrogen) atoms. The number of rotatable bonds is 0. The molecule has 3 aliphatic carbocycles. The molecular weight excluding hydrogens is 136 g/mol. The van der Waals surface area contributed by atoms with E-state index in [1.807, 2.05) is 6.08 Å². The molecule has 1 N–H and O–H groups in total. The Labute approximate surface area is 68.1 Å². The van der Waals surface area contributed by atoms with Gasteiger partial charge in [-0.05, 0) is 30.6 Å². The van der Waals surface area contributed by atoms with E-state index < -0.39 is 0 Å². The second-order valence-corrected chi connectivity index (χ2v) is 4.62. The molecule has 3 rings (SSSR count). The third-order valence-electron chi connectivity index (χ3n) is 3.74. The fourth-order valence-electron chi connectivity index (χ4n) is 2.81. The van der Waals surface area contributed by atoms with Crippen molar-refractivity contribution in [2.45, 2.75) is 33.3 Å². The van der Waals surface area contributed by atoms with Crippen molar-refractivity contribution in [3.05, 3.63) is 11.6 Å². The minimum absolute atomic E-state index is 0.171. The summed E-state index contributed by atoms with van der Waals surface area (Å²) >= 11 is 0. The van der Waals surface area contributed by atoms with Crippen LogP contribution in [0.2, 0.25) is 0 Å². The maximum atomic E-state index is 9.65. The Bertz CT molecular complexity index is 215. The Morgan fingerprint density at radius 3 is 2.55 bits per heavy atom. The molecule has 2 bridgehead atoms. The minimum atomic E-state index is -0.171. The fraction of sp³-hybridized carbons (Fsp3) is 0.800. The molecule has 0 aromatic carbocycles. The van der Waals surface area contributed by atoms with Crippen LogP contribution in [0.5, 0.6) is 0 Å². The van der Waals surface area contributed by atoms with Gasteiger partial charge in [0.1, 0.15) is 0 Å². The summed E-state index contributed by atoms with van der Waals surface area (Å²) in [7, 11) is 0. The fourth-order valence-corrected chi connectivity index (χ4v) is 2.81. The van der Waals surface area contributed by atoms with Crippen molar-refractivity contribution >= 4 is 0 Å². The zero-order valence-corrected chi connectivity index (χ0v) is 7.46. The summed E-state index contributed by atoms with van der Waals surface area (Å²) in [5.74, 6) is 1.27. The molecular formula is C10H16O. The van der Waals surface area contributed by atoms with E-state index in [9.17, 15) is 5.11 Å². The van der Waals surface area contributed by atoms with Crippen LogP contribution in [-0.2, 0) is 0 Å². The number of aliphatic hydroxyl groups excluding tert-OH is 1. The average Bonchev–Trinajstić information content (AvgIpc) is 1.84. The molecule has 0 aromatic heterocycles. The smallest absolute Gasteiger partial charge is 0.0757 e. The largest absolute Gasteiger partial charge is 0.389 e. The van der Waals surface area contributed by atoms with E-state index in [0.717, 1.165) is 5.92 Å². The Morgan fingerprint density at radius 1 is 1.55 bits per heavy atom. The van der Waals surface area contributed by atoms with E-state index in [4.69, 9.17) is 0 Å². The van der Waals surface area contributed by atoms with Crippen LogP contribution in [-0.4, -0.2) is 11.2 Å². The minimum Gasteiger partial charge on any atom is -0.389 e. The molecule has 1 heteroatoms. The third-order valence-corrected chi connectivity index (χ3v) is 3.74. The molecule has 0 spiro atoms. The van der Waals surface area contributed by atoms with Crippen LogP contribution in [0.25, 0.3) is 0 Å². The summed E-state index contributed by atoms with van der Waals surface area (Å²) in [5, 5.41) is 9.65. The number of hydrogen-bond acceptors (Lipinski definition) is 1. The maximum absolute atomic E-state index is 9.65. The molecule has 3 atom stereocenters. The monoisotopic (exact) mass is 152 g/mol. The zero-order valence-electron chi connectivity index (χ0n) is 7.46. The highest BCUT2D eigenvalue weighted by Crippen LogP contribution is 2.58. The van der Waals surface area contributed by atoms with E-state index in [0.29, 0.717) is 11.3 Å². The van der Waals surface area contributed by atoms with Gasteiger partial charge in [0.05, 0.1) is 6.10 Å². The van der Waals surface area contributed by atoms with Gasteiger partial charge >= 0.3 is 0 Å². The van der Waals surface area contributed by atoms with Gasteiger partial charge in [-0.25, -0.2) is 0 Å². The molecule has 0 aliphatic heterocycles. The Hall–Kier alpha value is -0.300. The molecule has 0 amide bonds. The van der Waals surface area contributed by atoms with Crippen molar-refractivity contribution in [2.24, 2.45) is 17.3 Å². The highest BCUT2D eigenvalue weighted by molar-refractivity contribution is 5.24. The van der Waals surface area contributed by atoms with Crippen molar-refractivity contribution in [1.82, 2.24) is 0 Å². The van der Waals surface area contributed by atoms with Crippen LogP contribution in [0.15, 0.2) is 11.6 Å². The number of allylic oxidation sites excluding steroid dienone is 1. The number of fused-ring (bicyclic) bond motifs is 1. The average molecular weight is 152 g/mol. The van der Waals surface area contributed by atoms with Crippen LogP contribution in [0.1, 0.15) is 27.2 Å². The number of aliphatic hydroxyl groups is 1. The topological polar surface area (TPSA) is 20.2 Å². The standard InChI is InChI=1S/C10H16O/c1-6-4-9(11)8-5-7(6)10(8,2)3/h4,7-9,11H,5H2,1-3H3/t7-,8-,9+/m0/s1. The van der Waals surface area contributed by atoms with Crippen molar-refractivity contribution in [2.75, 3.05) is 0 Å². The van der Waals surface area contributed by atoms with Gasteiger partial charge in [0.15, 0.2) is 0 Å². The highest BCUT2D eigenvalue weighted by atomic mass is 16.3. The Kier molecular flexibility index (Phi) is 1.26. The lowest BCUT2D eigenvalue weighted by Crippen LogP contribution is -2.53. The summed E-state index contributed by atoms with van der Waals surface area (Å²) in [6.45, 7) is 6.68. The second-order valence-electron chi connectivity index (χ2n) is 4.62. The van der Waals surface area contributed by atoms with E-state index in [2.05, 4.69) is 20.8 Å². The van der Waals surface area contributed by atoms with E-state index in [-0.39, 0.29) is 6.10 Å². The Morgan fingerprint density at radius 2 is 2.18 bits per heavy atom. The molecule has 1 nitrogen and oxygen atoms in total. The lowest BCUT2D eigenvalue weighted by molar-refractivity contribution is -0.0760. The molecule has 3 aliphatic rings. The normalized spacial score (nSPS) is 46.2. The van der Waals surface area contributed by atoms with Crippen LogP contribution >= 0.6 is 0 Å². The van der Waals surface area contributed by atoms with Crippen molar-refractivity contribution in [3.63, 3.8) is 0 Å². The SMILES string of the molecule is CC1=C[C@@H](O)[C@@H]2C[C@@H]1C2(C)C. The molecule has 62 valence electrons. The van der Waals surface area contributed by atoms with Gasteiger partial charge in [-0.2, -0.15) is 0 Å². The van der Waals surface area contributed by atoms with Crippen molar-refractivity contribution in [1.29, 1.82) is 0 Å². The maximum Gasteiger partial charge on any atom is 0.0757 e. The summed E-state index contributed by atoms with van der Waals surface area (Å²) in [6, 6.07) is 0. The summed E-state index contributed by atoms with van der Waals surface area (Å²) < 4.78 is 0. The molecule has 0 heterocycles. The molecule has 0 aromatic rings. The zero-order chi connectivity index (χ0) is 8.22. The molecule has 1 saturated carbocycles. The van der Waals surface area contributed by atoms with Crippen molar-refractivity contribution in [3.8, 4) is 0 Å². The lowest BCUT2D eigenvalue weighted by Gasteiger charge is -2.57. The van der Waals surface area contributed by atoms with Crippen LogP contribution in [0.4, 0.5) is 0 Å². The summed E-state index contributed by atoms with van der Waals surface area (Å²) in [5.41, 5.74) is 1.75. The molecule has 0 saturated heterocycles. The second kappa shape index (κ2) is 1.89. The number of hydrogen-bond donors (Lipinski definition) is 1. The van der Waals surface area contributed by atoms with Gasteiger partial charge in [0.2, 0.25) is 0 Å². The van der Waals surface area contributed by atoms with Crippen LogP contribution in [0.3, 0.4) is 0 Å². The Balaban J connectivity index is 2.34. The van der Waals surface area contributed by atoms with Crippen LogP contribution in [0, 0.1) is 17.3 Å². The molecule has 0 radical (unpaired) electrons. The van der Waals surface area contributed by atoms with Gasteiger partial charge in [-0.15, -0.1) is 0 Å². The van der Waals surface area contributed by atoms with Crippen LogP contribution < -0.4 is 0 Å². The lowest BCUT2D eigenvalue weighted by atomic mass is 9.48. The highest BCUT2D eigenvalue weighted by Gasteiger charge is 2.53. The van der Waals surface area contributed by atoms with E-state index in [1.54, 1.807) is 0 Å². The van der Waals surface area contributed by atoms with Gasteiger partial charge in [-0.1, -0.05) is 25.5 Å². The first kappa shape index (κ1) is 7.35. The summed E-state index contributed by atoms with van der Waals surface area (Å²) in [4.78, 5) is 0. The van der Waals surface area contributed by atoms with E-state index >= 15 is 0 Å². The first-order valence-corrected chi connectivity index (χ1v) is 4.40. The van der Waals surface area contributed by atoms with Gasteiger partial charge in [0.25, 0.3) is 0 Å². The van der Waals surface area contributed by atoms with E-state index in [1.165, 1.54) is 12.0 Å². The molecule has 1 fully saturated rings. The molecule has 0 unspecified atom stereocenters. The first-order chi connectivity index (χ1) is 5.03. The first-order valence-electron chi connectivity index (χ1n) is 4.40. The van der Waals surface area contributed by atoms with Gasteiger partial charge in [-0.3, -0.25) is 0 Å². The van der Waals surface area contributed by atoms with Gasteiger partial charge in [0, 0.05) is 0 Å². The van der Waals surface area contributed by atoms with Gasteiger partial charge < -0.3 is 5.11 Å². The third kappa shape index (κ3) is 0.750. The predicted octanol–water partition coefficient (Wildman–Crippen LogP) is 1.97. The summed E-state index contributed by atoms with van der Waals surface area (Å²) in [6.07, 6.45) is 3.07. The predicted molar refractivity (Wildman–Crippen MR) is 45.1 cm³/mol. The quantitative estimate of drug-likeness (QED) is 0.526.